The largest absolute Gasteiger partial charge is 0.316 e. The lowest BCUT2D eigenvalue weighted by molar-refractivity contribution is 0.601. The average molecular weight is 324 g/mol. The standard InChI is InChI=1S/C15H20N2O2S2/c1-2-3-4-11-5-7-12(8-6-11)17-13-9-21(18,19)10-14(13)20-15(17)16/h5-8,13-14,16H,2-4,9-10H2,1H3. The topological polar surface area (TPSA) is 61.2 Å². The van der Waals surface area contributed by atoms with E-state index in [9.17, 15) is 8.42 Å². The molecule has 0 spiro atoms. The first-order valence-corrected chi connectivity index (χ1v) is 10.0. The van der Waals surface area contributed by atoms with Crippen LogP contribution >= 0.6 is 11.8 Å². The molecule has 2 unspecified atom stereocenters. The second kappa shape index (κ2) is 5.65. The zero-order chi connectivity index (χ0) is 15.0. The lowest BCUT2D eigenvalue weighted by Crippen LogP contribution is -2.37. The van der Waals surface area contributed by atoms with Crippen molar-refractivity contribution in [3.05, 3.63) is 29.8 Å². The van der Waals surface area contributed by atoms with Crippen LogP contribution in [-0.4, -0.2) is 36.4 Å². The first-order valence-electron chi connectivity index (χ1n) is 7.34. The molecular formula is C15H20N2O2S2. The van der Waals surface area contributed by atoms with E-state index in [1.165, 1.54) is 30.2 Å². The van der Waals surface area contributed by atoms with E-state index in [1.54, 1.807) is 0 Å². The van der Waals surface area contributed by atoms with Gasteiger partial charge in [-0.1, -0.05) is 37.2 Å². The van der Waals surface area contributed by atoms with E-state index in [0.717, 1.165) is 12.1 Å². The van der Waals surface area contributed by atoms with Gasteiger partial charge in [0, 0.05) is 10.9 Å². The number of nitrogens with one attached hydrogen (secondary N) is 1. The molecule has 2 heterocycles. The van der Waals surface area contributed by atoms with E-state index in [-0.39, 0.29) is 22.8 Å². The molecule has 0 radical (unpaired) electrons. The molecule has 2 aliphatic heterocycles. The van der Waals surface area contributed by atoms with Gasteiger partial charge in [-0.25, -0.2) is 8.42 Å². The Hall–Kier alpha value is -1.01. The van der Waals surface area contributed by atoms with Crippen molar-refractivity contribution >= 4 is 32.5 Å². The summed E-state index contributed by atoms with van der Waals surface area (Å²) in [5.74, 6) is 0.375. The summed E-state index contributed by atoms with van der Waals surface area (Å²) in [7, 11) is -2.95. The van der Waals surface area contributed by atoms with Gasteiger partial charge in [0.1, 0.15) is 0 Å². The van der Waals surface area contributed by atoms with Crippen molar-refractivity contribution in [1.82, 2.24) is 0 Å². The SMILES string of the molecule is CCCCc1ccc(N2C(=N)SC3CS(=O)(=O)CC32)cc1. The highest BCUT2D eigenvalue weighted by Crippen LogP contribution is 2.40. The van der Waals surface area contributed by atoms with E-state index >= 15 is 0 Å². The fraction of sp³-hybridized carbons (Fsp3) is 0.533. The van der Waals surface area contributed by atoms with E-state index < -0.39 is 9.84 Å². The summed E-state index contributed by atoms with van der Waals surface area (Å²) in [6, 6.07) is 8.16. The number of unbranched alkanes of at least 4 members (excludes halogenated alkanes) is 1. The van der Waals surface area contributed by atoms with Crippen LogP contribution in [0.25, 0.3) is 0 Å². The number of hydrogen-bond donors (Lipinski definition) is 1. The molecule has 2 saturated heterocycles. The molecule has 0 aromatic heterocycles. The van der Waals surface area contributed by atoms with Crippen LogP contribution in [0.5, 0.6) is 0 Å². The lowest BCUT2D eigenvalue weighted by atomic mass is 10.1. The maximum atomic E-state index is 11.8. The number of benzene rings is 1. The minimum absolute atomic E-state index is 0.0160. The van der Waals surface area contributed by atoms with Gasteiger partial charge in [-0.2, -0.15) is 0 Å². The van der Waals surface area contributed by atoms with Gasteiger partial charge in [0.2, 0.25) is 0 Å². The second-order valence-electron chi connectivity index (χ2n) is 5.75. The Morgan fingerprint density at radius 2 is 2.00 bits per heavy atom. The van der Waals surface area contributed by atoms with Crippen LogP contribution in [0.15, 0.2) is 24.3 Å². The summed E-state index contributed by atoms with van der Waals surface area (Å²) in [4.78, 5) is 1.89. The van der Waals surface area contributed by atoms with Gasteiger partial charge >= 0.3 is 0 Å². The van der Waals surface area contributed by atoms with Crippen LogP contribution in [0.1, 0.15) is 25.3 Å². The molecular weight excluding hydrogens is 304 g/mol. The molecule has 2 aliphatic rings. The molecule has 2 atom stereocenters. The molecule has 0 aliphatic carbocycles. The summed E-state index contributed by atoms with van der Waals surface area (Å²) < 4.78 is 23.6. The first-order chi connectivity index (χ1) is 10.00. The molecule has 3 rings (SSSR count). The number of thioether (sulfide) groups is 1. The molecule has 0 amide bonds. The number of hydrogen-bond acceptors (Lipinski definition) is 4. The van der Waals surface area contributed by atoms with Gasteiger partial charge in [-0.15, -0.1) is 0 Å². The highest BCUT2D eigenvalue weighted by Gasteiger charge is 2.48. The Morgan fingerprint density at radius 1 is 1.29 bits per heavy atom. The van der Waals surface area contributed by atoms with Crippen molar-refractivity contribution in [2.45, 2.75) is 37.5 Å². The molecule has 1 aromatic rings. The van der Waals surface area contributed by atoms with Gasteiger partial charge < -0.3 is 4.90 Å². The number of amidine groups is 1. The molecule has 114 valence electrons. The van der Waals surface area contributed by atoms with Crippen molar-refractivity contribution in [1.29, 1.82) is 5.41 Å². The molecule has 1 N–H and O–H groups in total. The van der Waals surface area contributed by atoms with Crippen molar-refractivity contribution in [3.63, 3.8) is 0 Å². The fourth-order valence-corrected chi connectivity index (χ4v) is 6.81. The zero-order valence-electron chi connectivity index (χ0n) is 12.1. The zero-order valence-corrected chi connectivity index (χ0v) is 13.7. The van der Waals surface area contributed by atoms with Gasteiger partial charge in [0.05, 0.1) is 17.5 Å². The normalized spacial score (nSPS) is 27.1. The minimum atomic E-state index is -2.95. The summed E-state index contributed by atoms with van der Waals surface area (Å²) >= 11 is 1.39. The summed E-state index contributed by atoms with van der Waals surface area (Å²) in [5.41, 5.74) is 2.24. The third-order valence-corrected chi connectivity index (χ3v) is 7.25. The number of rotatable bonds is 4. The predicted octanol–water partition coefficient (Wildman–Crippen LogP) is 2.68. The van der Waals surface area contributed by atoms with Gasteiger partial charge in [-0.3, -0.25) is 5.41 Å². The van der Waals surface area contributed by atoms with E-state index in [0.29, 0.717) is 5.17 Å². The third-order valence-electron chi connectivity index (χ3n) is 4.12. The Bertz CT molecular complexity index is 640. The highest BCUT2D eigenvalue weighted by atomic mass is 32.2. The number of fused-ring (bicyclic) bond motifs is 1. The Balaban J connectivity index is 1.81. The molecule has 1 aromatic carbocycles. The van der Waals surface area contributed by atoms with Crippen LogP contribution in [0.3, 0.4) is 0 Å². The highest BCUT2D eigenvalue weighted by molar-refractivity contribution is 8.15. The van der Waals surface area contributed by atoms with Crippen molar-refractivity contribution in [2.24, 2.45) is 0 Å². The van der Waals surface area contributed by atoms with Crippen molar-refractivity contribution in [2.75, 3.05) is 16.4 Å². The third kappa shape index (κ3) is 2.97. The van der Waals surface area contributed by atoms with E-state index in [4.69, 9.17) is 5.41 Å². The van der Waals surface area contributed by atoms with Gasteiger partial charge in [-0.05, 0) is 30.5 Å². The summed E-state index contributed by atoms with van der Waals surface area (Å²) in [6.45, 7) is 2.18. The fourth-order valence-electron chi connectivity index (χ4n) is 3.01. The smallest absolute Gasteiger partial charge is 0.161 e. The summed E-state index contributed by atoms with van der Waals surface area (Å²) in [5, 5.41) is 8.62. The number of sulfone groups is 1. The van der Waals surface area contributed by atoms with Crippen LogP contribution < -0.4 is 4.90 Å². The van der Waals surface area contributed by atoms with Gasteiger partial charge in [0.15, 0.2) is 15.0 Å². The average Bonchev–Trinajstić information content (AvgIpc) is 2.87. The maximum Gasteiger partial charge on any atom is 0.161 e. The van der Waals surface area contributed by atoms with Crippen LogP contribution in [0.4, 0.5) is 5.69 Å². The number of nitrogens with zero attached hydrogens (tertiary/aromatic N) is 1. The summed E-state index contributed by atoms with van der Waals surface area (Å²) in [6.07, 6.45) is 3.43. The Kier molecular flexibility index (Phi) is 4.01. The van der Waals surface area contributed by atoms with E-state index in [2.05, 4.69) is 19.1 Å². The predicted molar refractivity (Wildman–Crippen MR) is 89.1 cm³/mol. The van der Waals surface area contributed by atoms with Crippen LogP contribution in [0.2, 0.25) is 0 Å². The lowest BCUT2D eigenvalue weighted by Gasteiger charge is -2.24. The Labute approximate surface area is 130 Å². The molecule has 6 heteroatoms. The minimum Gasteiger partial charge on any atom is -0.316 e. The number of anilines is 1. The van der Waals surface area contributed by atoms with Crippen molar-refractivity contribution < 1.29 is 8.42 Å². The molecule has 0 saturated carbocycles. The molecule has 4 nitrogen and oxygen atoms in total. The maximum absolute atomic E-state index is 11.8. The van der Waals surface area contributed by atoms with Crippen LogP contribution in [0, 0.1) is 5.41 Å². The van der Waals surface area contributed by atoms with Gasteiger partial charge in [0.25, 0.3) is 0 Å². The molecule has 21 heavy (non-hydrogen) atoms. The van der Waals surface area contributed by atoms with Crippen LogP contribution in [-0.2, 0) is 16.3 Å². The number of aryl methyl sites for hydroxylation is 1. The van der Waals surface area contributed by atoms with Crippen molar-refractivity contribution in [3.8, 4) is 0 Å². The second-order valence-corrected chi connectivity index (χ2v) is 9.13. The quantitative estimate of drug-likeness (QED) is 0.925. The monoisotopic (exact) mass is 324 g/mol. The molecule has 0 bridgehead atoms. The Morgan fingerprint density at radius 3 is 2.67 bits per heavy atom. The first kappa shape index (κ1) is 14.9. The molecule has 2 fully saturated rings. The van der Waals surface area contributed by atoms with E-state index in [1.807, 2.05) is 17.0 Å².